The molecule has 1 saturated heterocycles. The van der Waals surface area contributed by atoms with Crippen LogP contribution in [-0.2, 0) is 17.6 Å². The van der Waals surface area contributed by atoms with Crippen LogP contribution < -0.4 is 10.6 Å². The predicted octanol–water partition coefficient (Wildman–Crippen LogP) is 3.23. The fourth-order valence-electron chi connectivity index (χ4n) is 4.73. The van der Waals surface area contributed by atoms with Crippen LogP contribution >= 0.6 is 0 Å². The molecule has 2 N–H and O–H groups in total. The van der Waals surface area contributed by atoms with Crippen molar-refractivity contribution in [3.05, 3.63) is 17.5 Å². The molecular weight excluding hydrogens is 326 g/mol. The van der Waals surface area contributed by atoms with Gasteiger partial charge in [-0.1, -0.05) is 37.3 Å². The van der Waals surface area contributed by atoms with Crippen LogP contribution in [0.15, 0.2) is 10.6 Å². The topological polar surface area (TPSA) is 67.2 Å². The first-order valence-electron chi connectivity index (χ1n) is 10.7. The summed E-state index contributed by atoms with van der Waals surface area (Å²) in [5.41, 5.74) is 1.07. The maximum absolute atomic E-state index is 12.2. The van der Waals surface area contributed by atoms with Crippen LogP contribution in [0.5, 0.6) is 0 Å². The Bertz CT molecular complexity index is 590. The van der Waals surface area contributed by atoms with Gasteiger partial charge in [-0.3, -0.25) is 4.79 Å². The minimum absolute atomic E-state index is 0.238. The average Bonchev–Trinajstić information content (AvgIpc) is 3.35. The van der Waals surface area contributed by atoms with Gasteiger partial charge in [0.2, 0.25) is 5.91 Å². The summed E-state index contributed by atoms with van der Waals surface area (Å²) in [4.78, 5) is 12.2. The minimum atomic E-state index is 0.238. The van der Waals surface area contributed by atoms with E-state index in [9.17, 15) is 4.79 Å². The monoisotopic (exact) mass is 359 g/mol. The molecule has 2 aliphatic carbocycles. The first-order chi connectivity index (χ1) is 12.8. The van der Waals surface area contributed by atoms with E-state index < -0.39 is 0 Å². The Kier molecular flexibility index (Phi) is 5.93. The van der Waals surface area contributed by atoms with E-state index in [0.717, 1.165) is 62.6 Å². The maximum atomic E-state index is 12.2. The van der Waals surface area contributed by atoms with E-state index in [-0.39, 0.29) is 5.91 Å². The summed E-state index contributed by atoms with van der Waals surface area (Å²) in [6.45, 7) is 2.00. The molecule has 144 valence electrons. The zero-order chi connectivity index (χ0) is 17.8. The van der Waals surface area contributed by atoms with Crippen LogP contribution in [0.1, 0.15) is 69.2 Å². The number of nitrogens with zero attached hydrogens (tertiary/aromatic N) is 1. The SMILES string of the molecule is O=C(C[C@@H]1CCNC[C@@H]1Cc1cc(CC2CCCCC2)on1)NC1CC1. The summed E-state index contributed by atoms with van der Waals surface area (Å²) < 4.78 is 5.64. The number of rotatable bonds is 7. The summed E-state index contributed by atoms with van der Waals surface area (Å²) in [5, 5.41) is 11.0. The van der Waals surface area contributed by atoms with Gasteiger partial charge in [0.05, 0.1) is 5.69 Å². The van der Waals surface area contributed by atoms with Crippen LogP contribution in [0.25, 0.3) is 0 Å². The largest absolute Gasteiger partial charge is 0.361 e. The molecule has 0 spiro atoms. The molecule has 0 bridgehead atoms. The van der Waals surface area contributed by atoms with Crippen molar-refractivity contribution in [1.29, 1.82) is 0 Å². The Hall–Kier alpha value is -1.36. The van der Waals surface area contributed by atoms with Crippen molar-refractivity contribution in [2.45, 2.75) is 76.7 Å². The number of hydrogen-bond donors (Lipinski definition) is 2. The van der Waals surface area contributed by atoms with Crippen molar-refractivity contribution in [2.75, 3.05) is 13.1 Å². The number of hydrogen-bond acceptors (Lipinski definition) is 4. The summed E-state index contributed by atoms with van der Waals surface area (Å²) in [7, 11) is 0. The lowest BCUT2D eigenvalue weighted by Gasteiger charge is -2.31. The van der Waals surface area contributed by atoms with Gasteiger partial charge in [0, 0.05) is 24.9 Å². The quantitative estimate of drug-likeness (QED) is 0.784. The highest BCUT2D eigenvalue weighted by Crippen LogP contribution is 2.29. The van der Waals surface area contributed by atoms with Crippen LogP contribution in [0.3, 0.4) is 0 Å². The molecule has 2 heterocycles. The molecular formula is C21H33N3O2. The van der Waals surface area contributed by atoms with E-state index in [1.807, 2.05) is 0 Å². The number of aromatic nitrogens is 1. The smallest absolute Gasteiger partial charge is 0.220 e. The molecule has 4 rings (SSSR count). The van der Waals surface area contributed by atoms with Crippen LogP contribution in [0.2, 0.25) is 0 Å². The van der Waals surface area contributed by atoms with Gasteiger partial charge >= 0.3 is 0 Å². The van der Waals surface area contributed by atoms with E-state index in [1.165, 1.54) is 32.1 Å². The first-order valence-corrected chi connectivity index (χ1v) is 10.7. The lowest BCUT2D eigenvalue weighted by atomic mass is 9.81. The van der Waals surface area contributed by atoms with Gasteiger partial charge in [-0.15, -0.1) is 0 Å². The van der Waals surface area contributed by atoms with E-state index in [2.05, 4.69) is 21.9 Å². The second-order valence-electron chi connectivity index (χ2n) is 8.76. The third-order valence-corrected chi connectivity index (χ3v) is 6.45. The average molecular weight is 360 g/mol. The van der Waals surface area contributed by atoms with Crippen molar-refractivity contribution in [1.82, 2.24) is 15.8 Å². The van der Waals surface area contributed by atoms with E-state index in [0.29, 0.717) is 24.3 Å². The van der Waals surface area contributed by atoms with Gasteiger partial charge in [0.25, 0.3) is 0 Å². The number of piperidine rings is 1. The molecule has 0 aromatic carbocycles. The number of nitrogens with one attached hydrogen (secondary N) is 2. The summed E-state index contributed by atoms with van der Waals surface area (Å²) in [6.07, 6.45) is 12.8. The Balaban J connectivity index is 1.30. The molecule has 2 saturated carbocycles. The molecule has 26 heavy (non-hydrogen) atoms. The molecule has 1 aliphatic heterocycles. The lowest BCUT2D eigenvalue weighted by Crippen LogP contribution is -2.40. The highest BCUT2D eigenvalue weighted by molar-refractivity contribution is 5.76. The van der Waals surface area contributed by atoms with Crippen molar-refractivity contribution >= 4 is 5.91 Å². The fourth-order valence-corrected chi connectivity index (χ4v) is 4.73. The van der Waals surface area contributed by atoms with E-state index in [1.54, 1.807) is 0 Å². The molecule has 1 aromatic rings. The normalized spacial score (nSPS) is 27.4. The van der Waals surface area contributed by atoms with Crippen molar-refractivity contribution in [3.63, 3.8) is 0 Å². The standard InChI is InChI=1S/C21H33N3O2/c25-21(23-18-6-7-18)12-16-8-9-22-14-17(16)11-19-13-20(26-24-19)10-15-4-2-1-3-5-15/h13,15-18,22H,1-12,14H2,(H,23,25)/t16-,17-/m0/s1. The summed E-state index contributed by atoms with van der Waals surface area (Å²) >= 11 is 0. The van der Waals surface area contributed by atoms with Crippen LogP contribution in [0, 0.1) is 17.8 Å². The molecule has 0 unspecified atom stereocenters. The molecule has 1 amide bonds. The molecule has 1 aromatic heterocycles. The number of carbonyl (C=O) groups excluding carboxylic acids is 1. The minimum Gasteiger partial charge on any atom is -0.361 e. The molecule has 5 heteroatoms. The zero-order valence-electron chi connectivity index (χ0n) is 15.8. The summed E-state index contributed by atoms with van der Waals surface area (Å²) in [5.74, 6) is 3.00. The lowest BCUT2D eigenvalue weighted by molar-refractivity contribution is -0.122. The van der Waals surface area contributed by atoms with Gasteiger partial charge in [-0.05, 0) is 56.5 Å². The van der Waals surface area contributed by atoms with Gasteiger partial charge in [-0.25, -0.2) is 0 Å². The second-order valence-corrected chi connectivity index (χ2v) is 8.76. The Labute approximate surface area is 156 Å². The fraction of sp³-hybridized carbons (Fsp3) is 0.810. The van der Waals surface area contributed by atoms with Gasteiger partial charge in [0.15, 0.2) is 0 Å². The first kappa shape index (κ1) is 18.0. The van der Waals surface area contributed by atoms with Gasteiger partial charge < -0.3 is 15.2 Å². The molecule has 2 atom stereocenters. The van der Waals surface area contributed by atoms with Crippen LogP contribution in [-0.4, -0.2) is 30.2 Å². The Morgan fingerprint density at radius 1 is 1.12 bits per heavy atom. The number of amides is 1. The predicted molar refractivity (Wildman–Crippen MR) is 101 cm³/mol. The third kappa shape index (κ3) is 5.09. The third-order valence-electron chi connectivity index (χ3n) is 6.45. The number of carbonyl (C=O) groups is 1. The molecule has 3 aliphatic rings. The Morgan fingerprint density at radius 2 is 1.96 bits per heavy atom. The van der Waals surface area contributed by atoms with Gasteiger partial charge in [-0.2, -0.15) is 0 Å². The maximum Gasteiger partial charge on any atom is 0.220 e. The molecule has 5 nitrogen and oxygen atoms in total. The highest BCUT2D eigenvalue weighted by Gasteiger charge is 2.30. The zero-order valence-corrected chi connectivity index (χ0v) is 15.8. The Morgan fingerprint density at radius 3 is 2.77 bits per heavy atom. The van der Waals surface area contributed by atoms with Crippen LogP contribution in [0.4, 0.5) is 0 Å². The van der Waals surface area contributed by atoms with E-state index >= 15 is 0 Å². The highest BCUT2D eigenvalue weighted by atomic mass is 16.5. The second kappa shape index (κ2) is 8.55. The molecule has 3 fully saturated rings. The van der Waals surface area contributed by atoms with Crippen molar-refractivity contribution in [2.24, 2.45) is 17.8 Å². The molecule has 0 radical (unpaired) electrons. The van der Waals surface area contributed by atoms with Gasteiger partial charge in [0.1, 0.15) is 5.76 Å². The summed E-state index contributed by atoms with van der Waals surface area (Å²) in [6, 6.07) is 2.63. The van der Waals surface area contributed by atoms with E-state index in [4.69, 9.17) is 4.52 Å². The van der Waals surface area contributed by atoms with Crippen molar-refractivity contribution in [3.8, 4) is 0 Å². The van der Waals surface area contributed by atoms with Crippen molar-refractivity contribution < 1.29 is 9.32 Å².